The highest BCUT2D eigenvalue weighted by Crippen LogP contribution is 2.26. The van der Waals surface area contributed by atoms with Gasteiger partial charge >= 0.3 is 0 Å². The van der Waals surface area contributed by atoms with E-state index in [0.29, 0.717) is 10.0 Å². The molecule has 0 unspecified atom stereocenters. The summed E-state index contributed by atoms with van der Waals surface area (Å²) in [5.41, 5.74) is 0.620. The van der Waals surface area contributed by atoms with E-state index in [1.165, 1.54) is 18.2 Å². The van der Waals surface area contributed by atoms with Crippen LogP contribution in [0, 0.1) is 0 Å². The van der Waals surface area contributed by atoms with Gasteiger partial charge in [-0.15, -0.1) is 0 Å². The van der Waals surface area contributed by atoms with Gasteiger partial charge in [-0.3, -0.25) is 4.55 Å². The van der Waals surface area contributed by atoms with E-state index < -0.39 is 10.1 Å². The van der Waals surface area contributed by atoms with E-state index in [2.05, 4.69) is 22.5 Å². The quantitative estimate of drug-likeness (QED) is 0.833. The zero-order valence-corrected chi connectivity index (χ0v) is 8.97. The van der Waals surface area contributed by atoms with E-state index in [1.54, 1.807) is 6.07 Å². The highest BCUT2D eigenvalue weighted by Gasteiger charge is 2.14. The molecule has 70 valence electrons. The van der Waals surface area contributed by atoms with E-state index in [1.807, 2.05) is 0 Å². The molecule has 0 radical (unpaired) electrons. The molecule has 13 heavy (non-hydrogen) atoms. The van der Waals surface area contributed by atoms with E-state index in [4.69, 9.17) is 4.55 Å². The highest BCUT2D eigenvalue weighted by atomic mass is 79.9. The Labute approximate surface area is 85.0 Å². The molecule has 1 N–H and O–H groups in total. The lowest BCUT2D eigenvalue weighted by atomic mass is 10.2. The summed E-state index contributed by atoms with van der Waals surface area (Å²) < 4.78 is 30.8. The third-order valence-electron chi connectivity index (χ3n) is 1.49. The molecule has 0 fully saturated rings. The van der Waals surface area contributed by atoms with Crippen LogP contribution in [-0.4, -0.2) is 13.0 Å². The first-order valence-corrected chi connectivity index (χ1v) is 5.58. The van der Waals surface area contributed by atoms with Crippen LogP contribution in [0.3, 0.4) is 0 Å². The second kappa shape index (κ2) is 3.61. The first-order chi connectivity index (χ1) is 5.96. The molecule has 1 aromatic rings. The molecule has 0 saturated heterocycles. The fourth-order valence-electron chi connectivity index (χ4n) is 0.885. The summed E-state index contributed by atoms with van der Waals surface area (Å²) in [6.45, 7) is 3.51. The fraction of sp³-hybridized carbons (Fsp3) is 0. The van der Waals surface area contributed by atoms with Gasteiger partial charge in [0.2, 0.25) is 0 Å². The maximum absolute atomic E-state index is 10.8. The molecule has 0 heterocycles. The van der Waals surface area contributed by atoms with Gasteiger partial charge in [0.15, 0.2) is 0 Å². The molecular formula is C8H7BrO3S. The molecule has 0 aliphatic carbocycles. The normalized spacial score (nSPS) is 11.2. The molecule has 0 atom stereocenters. The van der Waals surface area contributed by atoms with Gasteiger partial charge in [-0.25, -0.2) is 0 Å². The van der Waals surface area contributed by atoms with Crippen molar-refractivity contribution in [2.75, 3.05) is 0 Å². The highest BCUT2D eigenvalue weighted by molar-refractivity contribution is 9.10. The zero-order chi connectivity index (χ0) is 10.1. The lowest BCUT2D eigenvalue weighted by molar-refractivity contribution is 0.482. The van der Waals surface area contributed by atoms with Crippen LogP contribution in [-0.2, 0) is 10.1 Å². The molecule has 0 spiro atoms. The van der Waals surface area contributed by atoms with Crippen LogP contribution in [0.4, 0.5) is 0 Å². The van der Waals surface area contributed by atoms with Crippen molar-refractivity contribution in [3.63, 3.8) is 0 Å². The average Bonchev–Trinajstić information content (AvgIpc) is 2.02. The van der Waals surface area contributed by atoms with Crippen LogP contribution in [0.5, 0.6) is 0 Å². The van der Waals surface area contributed by atoms with Crippen LogP contribution in [0.2, 0.25) is 0 Å². The smallest absolute Gasteiger partial charge is 0.282 e. The van der Waals surface area contributed by atoms with Gasteiger partial charge in [-0.2, -0.15) is 8.42 Å². The minimum atomic E-state index is -4.16. The molecular weight excluding hydrogens is 256 g/mol. The lowest BCUT2D eigenvalue weighted by Gasteiger charge is -2.03. The molecule has 0 amide bonds. The van der Waals surface area contributed by atoms with E-state index in [0.717, 1.165) is 0 Å². The van der Waals surface area contributed by atoms with Crippen molar-refractivity contribution < 1.29 is 13.0 Å². The molecule has 5 heteroatoms. The van der Waals surface area contributed by atoms with Crippen LogP contribution >= 0.6 is 15.9 Å². The van der Waals surface area contributed by atoms with Crippen molar-refractivity contribution in [2.45, 2.75) is 4.90 Å². The van der Waals surface area contributed by atoms with Gasteiger partial charge < -0.3 is 0 Å². The summed E-state index contributed by atoms with van der Waals surface area (Å²) in [5.74, 6) is 0. The van der Waals surface area contributed by atoms with Crippen LogP contribution < -0.4 is 0 Å². The molecule has 1 aromatic carbocycles. The predicted octanol–water partition coefficient (Wildman–Crippen LogP) is 2.34. The summed E-state index contributed by atoms with van der Waals surface area (Å²) in [4.78, 5) is -0.148. The second-order valence-corrected chi connectivity index (χ2v) is 4.52. The van der Waals surface area contributed by atoms with E-state index >= 15 is 0 Å². The molecule has 1 rings (SSSR count). The van der Waals surface area contributed by atoms with E-state index in [-0.39, 0.29) is 4.90 Å². The Morgan fingerprint density at radius 3 is 2.54 bits per heavy atom. The van der Waals surface area contributed by atoms with Crippen molar-refractivity contribution in [3.05, 3.63) is 34.8 Å². The van der Waals surface area contributed by atoms with Crippen molar-refractivity contribution in [3.8, 4) is 0 Å². The Hall–Kier alpha value is -0.650. The third kappa shape index (κ3) is 2.18. The largest absolute Gasteiger partial charge is 0.295 e. The Morgan fingerprint density at radius 2 is 2.08 bits per heavy atom. The molecule has 3 nitrogen and oxygen atoms in total. The molecule has 0 aliphatic heterocycles. The molecule has 0 aromatic heterocycles. The Morgan fingerprint density at radius 1 is 1.46 bits per heavy atom. The number of benzene rings is 1. The second-order valence-electron chi connectivity index (χ2n) is 2.34. The topological polar surface area (TPSA) is 54.4 Å². The minimum absolute atomic E-state index is 0.148. The van der Waals surface area contributed by atoms with Gasteiger partial charge in [-0.1, -0.05) is 24.8 Å². The maximum atomic E-state index is 10.8. The van der Waals surface area contributed by atoms with Crippen LogP contribution in [0.1, 0.15) is 5.56 Å². The predicted molar refractivity (Wildman–Crippen MR) is 54.0 cm³/mol. The Balaban J connectivity index is 3.50. The van der Waals surface area contributed by atoms with Crippen molar-refractivity contribution in [2.24, 2.45) is 0 Å². The standard InChI is InChI=1S/C8H7BrO3S/c1-2-6-4-3-5-7(8(6)9)13(10,11)12/h2-5H,1H2,(H,10,11,12). The summed E-state index contributed by atoms with van der Waals surface area (Å²) in [6, 6.07) is 4.53. The van der Waals surface area contributed by atoms with Gasteiger partial charge in [0.1, 0.15) is 4.90 Å². The number of rotatable bonds is 2. The van der Waals surface area contributed by atoms with Crippen molar-refractivity contribution >= 4 is 32.1 Å². The SMILES string of the molecule is C=Cc1cccc(S(=O)(=O)O)c1Br. The van der Waals surface area contributed by atoms with Gasteiger partial charge in [-0.05, 0) is 27.6 Å². The minimum Gasteiger partial charge on any atom is -0.282 e. The Kier molecular flexibility index (Phi) is 2.90. The number of hydrogen-bond donors (Lipinski definition) is 1. The van der Waals surface area contributed by atoms with Crippen LogP contribution in [0.25, 0.3) is 6.08 Å². The van der Waals surface area contributed by atoms with Crippen LogP contribution in [0.15, 0.2) is 34.1 Å². The van der Waals surface area contributed by atoms with Gasteiger partial charge in [0.05, 0.1) is 0 Å². The summed E-state index contributed by atoms with van der Waals surface area (Å²) in [5, 5.41) is 0. The monoisotopic (exact) mass is 262 g/mol. The average molecular weight is 263 g/mol. The molecule has 0 saturated carbocycles. The summed E-state index contributed by atoms with van der Waals surface area (Å²) in [6.07, 6.45) is 1.50. The van der Waals surface area contributed by atoms with Crippen molar-refractivity contribution in [1.82, 2.24) is 0 Å². The Bertz CT molecular complexity index is 437. The number of hydrogen-bond acceptors (Lipinski definition) is 2. The zero-order valence-electron chi connectivity index (χ0n) is 6.57. The van der Waals surface area contributed by atoms with Gasteiger partial charge in [0.25, 0.3) is 10.1 Å². The van der Waals surface area contributed by atoms with Gasteiger partial charge in [0, 0.05) is 4.47 Å². The first-order valence-electron chi connectivity index (χ1n) is 3.35. The lowest BCUT2D eigenvalue weighted by Crippen LogP contribution is -1.99. The number of halogens is 1. The summed E-state index contributed by atoms with van der Waals surface area (Å²) >= 11 is 3.07. The molecule has 0 aliphatic rings. The van der Waals surface area contributed by atoms with E-state index in [9.17, 15) is 8.42 Å². The maximum Gasteiger partial charge on any atom is 0.295 e. The fourth-order valence-corrected chi connectivity index (χ4v) is 2.52. The third-order valence-corrected chi connectivity index (χ3v) is 3.53. The first kappa shape index (κ1) is 10.4. The van der Waals surface area contributed by atoms with Crippen molar-refractivity contribution in [1.29, 1.82) is 0 Å². The molecule has 0 bridgehead atoms. The summed E-state index contributed by atoms with van der Waals surface area (Å²) in [7, 11) is -4.16.